The van der Waals surface area contributed by atoms with E-state index in [2.05, 4.69) is 33.1 Å². The van der Waals surface area contributed by atoms with Crippen LogP contribution in [0.1, 0.15) is 5.56 Å². The highest BCUT2D eigenvalue weighted by atomic mass is 127. The first-order valence-electron chi connectivity index (χ1n) is 8.02. The molecule has 8 nitrogen and oxygen atoms in total. The van der Waals surface area contributed by atoms with Crippen LogP contribution in [0.4, 0.5) is 5.69 Å². The van der Waals surface area contributed by atoms with Gasteiger partial charge in [0.05, 0.1) is 32.4 Å². The molecule has 0 aromatic heterocycles. The largest absolute Gasteiger partial charge is 0.497 e. The van der Waals surface area contributed by atoms with Crippen molar-refractivity contribution in [2.24, 2.45) is 5.10 Å². The maximum atomic E-state index is 12.2. The second-order valence-electron chi connectivity index (χ2n) is 5.65. The molecule has 0 atom stereocenters. The lowest BCUT2D eigenvalue weighted by Gasteiger charge is -2.21. The maximum Gasteiger partial charge on any atom is 0.260 e. The molecule has 0 spiro atoms. The van der Waals surface area contributed by atoms with Gasteiger partial charge in [-0.15, -0.1) is 0 Å². The number of nitrogens with zero attached hydrogens (tertiary/aromatic N) is 2. The third kappa shape index (κ3) is 6.09. The van der Waals surface area contributed by atoms with Crippen molar-refractivity contribution in [2.75, 3.05) is 31.3 Å². The van der Waals surface area contributed by atoms with Gasteiger partial charge < -0.3 is 9.47 Å². The first kappa shape index (κ1) is 22.0. The van der Waals surface area contributed by atoms with Crippen LogP contribution in [0, 0.1) is 3.57 Å². The molecule has 150 valence electrons. The standard InChI is InChI=1S/C18H20IN3O5S/c1-26-16-8-9-17(27-2)13(10-16)11-20-21-18(23)12-22(28(3,24)25)15-6-4-14(19)5-7-15/h4-11H,12H2,1-3H3,(H,21,23)/b20-11-. The minimum absolute atomic E-state index is 0.397. The normalized spacial score (nSPS) is 11.3. The number of benzene rings is 2. The van der Waals surface area contributed by atoms with E-state index in [0.29, 0.717) is 22.7 Å². The third-order valence-corrected chi connectivity index (χ3v) is 5.49. The average molecular weight is 517 g/mol. The van der Waals surface area contributed by atoms with E-state index in [1.54, 1.807) is 42.5 Å². The van der Waals surface area contributed by atoms with Crippen molar-refractivity contribution in [1.82, 2.24) is 5.43 Å². The Balaban J connectivity index is 2.11. The average Bonchev–Trinajstić information content (AvgIpc) is 2.66. The summed E-state index contributed by atoms with van der Waals surface area (Å²) in [7, 11) is -0.588. The number of amides is 1. The summed E-state index contributed by atoms with van der Waals surface area (Å²) in [5, 5.41) is 3.89. The van der Waals surface area contributed by atoms with Crippen molar-refractivity contribution >= 4 is 50.4 Å². The molecular weight excluding hydrogens is 497 g/mol. The number of anilines is 1. The summed E-state index contributed by atoms with van der Waals surface area (Å²) in [4.78, 5) is 12.2. The van der Waals surface area contributed by atoms with Gasteiger partial charge in [0, 0.05) is 9.13 Å². The number of nitrogens with one attached hydrogen (secondary N) is 1. The highest BCUT2D eigenvalue weighted by Gasteiger charge is 2.20. The van der Waals surface area contributed by atoms with Crippen LogP contribution in [0.25, 0.3) is 0 Å². The van der Waals surface area contributed by atoms with Crippen LogP contribution in [-0.4, -0.2) is 47.6 Å². The van der Waals surface area contributed by atoms with Crippen molar-refractivity contribution in [1.29, 1.82) is 0 Å². The van der Waals surface area contributed by atoms with Crippen LogP contribution in [-0.2, 0) is 14.8 Å². The van der Waals surface area contributed by atoms with Gasteiger partial charge in [-0.2, -0.15) is 5.10 Å². The van der Waals surface area contributed by atoms with Crippen molar-refractivity contribution < 1.29 is 22.7 Å². The van der Waals surface area contributed by atoms with Gasteiger partial charge in [-0.25, -0.2) is 13.8 Å². The van der Waals surface area contributed by atoms with Gasteiger partial charge in [0.2, 0.25) is 10.0 Å². The van der Waals surface area contributed by atoms with E-state index in [-0.39, 0.29) is 0 Å². The Morgan fingerprint density at radius 1 is 1.18 bits per heavy atom. The Morgan fingerprint density at radius 3 is 2.43 bits per heavy atom. The minimum atomic E-state index is -3.64. The molecule has 0 saturated heterocycles. The fourth-order valence-electron chi connectivity index (χ4n) is 2.29. The molecule has 0 aliphatic rings. The van der Waals surface area contributed by atoms with Crippen LogP contribution < -0.4 is 19.2 Å². The number of carbonyl (C=O) groups is 1. The zero-order chi connectivity index (χ0) is 20.7. The summed E-state index contributed by atoms with van der Waals surface area (Å²) in [6, 6.07) is 12.0. The van der Waals surface area contributed by atoms with Gasteiger partial charge in [0.15, 0.2) is 0 Å². The van der Waals surface area contributed by atoms with Crippen LogP contribution >= 0.6 is 22.6 Å². The van der Waals surface area contributed by atoms with Crippen molar-refractivity contribution in [3.05, 3.63) is 51.6 Å². The second kappa shape index (κ2) is 9.73. The molecule has 0 fully saturated rings. The van der Waals surface area contributed by atoms with E-state index < -0.39 is 22.5 Å². The Kier molecular flexibility index (Phi) is 7.63. The van der Waals surface area contributed by atoms with Gasteiger partial charge in [0.1, 0.15) is 18.0 Å². The Bertz CT molecular complexity index is 962. The van der Waals surface area contributed by atoms with Gasteiger partial charge in [-0.05, 0) is 65.1 Å². The number of hydrazone groups is 1. The number of methoxy groups -OCH3 is 2. The van der Waals surface area contributed by atoms with Crippen LogP contribution in [0.5, 0.6) is 11.5 Å². The topological polar surface area (TPSA) is 97.3 Å². The number of hydrogen-bond acceptors (Lipinski definition) is 6. The predicted molar refractivity (Wildman–Crippen MR) is 117 cm³/mol. The molecule has 10 heteroatoms. The number of halogens is 1. The molecule has 0 radical (unpaired) electrons. The van der Waals surface area contributed by atoms with Crippen molar-refractivity contribution in [3.8, 4) is 11.5 Å². The van der Waals surface area contributed by atoms with Gasteiger partial charge in [0.25, 0.3) is 5.91 Å². The molecule has 1 N–H and O–H groups in total. The number of ether oxygens (including phenoxy) is 2. The van der Waals surface area contributed by atoms with E-state index in [0.717, 1.165) is 14.1 Å². The molecular formula is C18H20IN3O5S. The first-order chi connectivity index (χ1) is 13.2. The molecule has 28 heavy (non-hydrogen) atoms. The quantitative estimate of drug-likeness (QED) is 0.329. The molecule has 0 bridgehead atoms. The summed E-state index contributed by atoms with van der Waals surface area (Å²) >= 11 is 2.12. The molecule has 1 amide bonds. The fraction of sp³-hybridized carbons (Fsp3) is 0.222. The monoisotopic (exact) mass is 517 g/mol. The number of hydrogen-bond donors (Lipinski definition) is 1. The van der Waals surface area contributed by atoms with E-state index in [4.69, 9.17) is 9.47 Å². The fourth-order valence-corrected chi connectivity index (χ4v) is 3.50. The van der Waals surface area contributed by atoms with Crippen molar-refractivity contribution in [2.45, 2.75) is 0 Å². The summed E-state index contributed by atoms with van der Waals surface area (Å²) in [5.41, 5.74) is 3.33. The van der Waals surface area contributed by atoms with Crippen LogP contribution in [0.2, 0.25) is 0 Å². The Labute approximate surface area is 177 Å². The Morgan fingerprint density at radius 2 is 1.86 bits per heavy atom. The molecule has 0 heterocycles. The van der Waals surface area contributed by atoms with E-state index in [1.165, 1.54) is 20.4 Å². The smallest absolute Gasteiger partial charge is 0.260 e. The molecule has 2 aromatic rings. The maximum absolute atomic E-state index is 12.2. The van der Waals surface area contributed by atoms with E-state index >= 15 is 0 Å². The van der Waals surface area contributed by atoms with Gasteiger partial charge >= 0.3 is 0 Å². The minimum Gasteiger partial charge on any atom is -0.497 e. The molecule has 0 saturated carbocycles. The van der Waals surface area contributed by atoms with Gasteiger partial charge in [-0.3, -0.25) is 9.10 Å². The number of rotatable bonds is 8. The molecule has 2 rings (SSSR count). The predicted octanol–water partition coefficient (Wildman–Crippen LogP) is 2.22. The van der Waals surface area contributed by atoms with Crippen molar-refractivity contribution in [3.63, 3.8) is 0 Å². The van der Waals surface area contributed by atoms with Crippen LogP contribution in [0.3, 0.4) is 0 Å². The lowest BCUT2D eigenvalue weighted by atomic mass is 10.2. The number of sulfonamides is 1. The third-order valence-electron chi connectivity index (χ3n) is 3.63. The summed E-state index contributed by atoms with van der Waals surface area (Å²) < 4.78 is 36.5. The van der Waals surface area contributed by atoms with Crippen LogP contribution in [0.15, 0.2) is 47.6 Å². The first-order valence-corrected chi connectivity index (χ1v) is 10.9. The molecule has 2 aromatic carbocycles. The van der Waals surface area contributed by atoms with E-state index in [9.17, 15) is 13.2 Å². The molecule has 0 aliphatic heterocycles. The SMILES string of the molecule is COc1ccc(OC)c(/C=N\NC(=O)CN(c2ccc(I)cc2)S(C)(=O)=O)c1. The molecule has 0 unspecified atom stereocenters. The summed E-state index contributed by atoms with van der Waals surface area (Å²) in [6.07, 6.45) is 2.44. The van der Waals surface area contributed by atoms with E-state index in [1.807, 2.05) is 0 Å². The summed E-state index contributed by atoms with van der Waals surface area (Å²) in [5.74, 6) is 0.577. The second-order valence-corrected chi connectivity index (χ2v) is 8.80. The van der Waals surface area contributed by atoms with Gasteiger partial charge in [-0.1, -0.05) is 0 Å². The Hall–Kier alpha value is -2.34. The lowest BCUT2D eigenvalue weighted by molar-refractivity contribution is -0.119. The highest BCUT2D eigenvalue weighted by molar-refractivity contribution is 14.1. The number of carbonyl (C=O) groups excluding carboxylic acids is 1. The summed E-state index contributed by atoms with van der Waals surface area (Å²) in [6.45, 7) is -0.397. The zero-order valence-corrected chi connectivity index (χ0v) is 18.5. The lowest BCUT2D eigenvalue weighted by Crippen LogP contribution is -2.39. The molecule has 0 aliphatic carbocycles. The highest BCUT2D eigenvalue weighted by Crippen LogP contribution is 2.22. The zero-order valence-electron chi connectivity index (χ0n) is 15.5.